The summed E-state index contributed by atoms with van der Waals surface area (Å²) in [4.78, 5) is 38.1. The van der Waals surface area contributed by atoms with Gasteiger partial charge in [0.05, 0.1) is 23.9 Å². The molecular weight excluding hydrogens is 505 g/mol. The van der Waals surface area contributed by atoms with Crippen LogP contribution < -0.4 is 15.4 Å². The summed E-state index contributed by atoms with van der Waals surface area (Å²) in [5.41, 5.74) is 1.65. The van der Waals surface area contributed by atoms with Crippen LogP contribution in [0.25, 0.3) is 10.2 Å². The summed E-state index contributed by atoms with van der Waals surface area (Å²) >= 11 is 6.27. The van der Waals surface area contributed by atoms with E-state index < -0.39 is 5.82 Å². The van der Waals surface area contributed by atoms with E-state index >= 15 is 0 Å². The Bertz CT molecular complexity index is 1430. The summed E-state index contributed by atoms with van der Waals surface area (Å²) in [5, 5.41) is 6.47. The summed E-state index contributed by atoms with van der Waals surface area (Å²) < 4.78 is 21.0. The maximum Gasteiger partial charge on any atom is 0.287 e. The molecule has 184 valence electrons. The van der Waals surface area contributed by atoms with Gasteiger partial charge in [0.1, 0.15) is 11.0 Å². The van der Waals surface area contributed by atoms with Crippen LogP contribution in [0.4, 0.5) is 10.1 Å². The number of thiocarbonyl (C=S) groups is 1. The van der Waals surface area contributed by atoms with Crippen molar-refractivity contribution < 1.29 is 23.6 Å². The van der Waals surface area contributed by atoms with E-state index in [2.05, 4.69) is 20.6 Å². The van der Waals surface area contributed by atoms with Crippen LogP contribution in [0, 0.1) is 5.82 Å². The monoisotopic (exact) mass is 525 g/mol. The largest absolute Gasteiger partial charge is 0.434 e. The van der Waals surface area contributed by atoms with Crippen LogP contribution in [-0.4, -0.2) is 46.1 Å². The second-order valence-corrected chi connectivity index (χ2v) is 8.86. The molecule has 0 spiro atoms. The van der Waals surface area contributed by atoms with Gasteiger partial charge in [-0.05, 0) is 36.0 Å². The molecule has 36 heavy (non-hydrogen) atoms. The SMILES string of the molecule is CON(C)C(=O)c1cc2ncnc(Oc3ccc(NC(=S)NC(=O)Cc4ccccc4)cc3F)c2s1. The first-order chi connectivity index (χ1) is 17.3. The molecule has 9 nitrogen and oxygen atoms in total. The smallest absolute Gasteiger partial charge is 0.287 e. The third-order valence-corrected chi connectivity index (χ3v) is 6.21. The van der Waals surface area contributed by atoms with Gasteiger partial charge in [-0.2, -0.15) is 0 Å². The predicted octanol–water partition coefficient (Wildman–Crippen LogP) is 4.31. The minimum atomic E-state index is -0.683. The number of amides is 2. The molecule has 2 aromatic carbocycles. The highest BCUT2D eigenvalue weighted by Gasteiger charge is 2.19. The lowest BCUT2D eigenvalue weighted by molar-refractivity contribution is -0.119. The molecule has 12 heteroatoms. The predicted molar refractivity (Wildman–Crippen MR) is 138 cm³/mol. The maximum absolute atomic E-state index is 14.8. The third kappa shape index (κ3) is 5.97. The van der Waals surface area contributed by atoms with Crippen molar-refractivity contribution in [3.05, 3.63) is 77.2 Å². The van der Waals surface area contributed by atoms with Crippen molar-refractivity contribution in [2.75, 3.05) is 19.5 Å². The van der Waals surface area contributed by atoms with Crippen LogP contribution in [0.3, 0.4) is 0 Å². The number of aromatic nitrogens is 2. The topological polar surface area (TPSA) is 106 Å². The molecule has 0 saturated carbocycles. The lowest BCUT2D eigenvalue weighted by Crippen LogP contribution is -2.35. The number of hydrogen-bond donors (Lipinski definition) is 2. The number of ether oxygens (including phenoxy) is 1. The van der Waals surface area contributed by atoms with Gasteiger partial charge in [0.25, 0.3) is 5.91 Å². The number of benzene rings is 2. The fraction of sp³-hybridized carbons (Fsp3) is 0.125. The average Bonchev–Trinajstić information content (AvgIpc) is 3.30. The molecular formula is C24H20FN5O4S2. The molecule has 0 atom stereocenters. The lowest BCUT2D eigenvalue weighted by Gasteiger charge is -2.12. The van der Waals surface area contributed by atoms with Crippen molar-refractivity contribution in [1.29, 1.82) is 0 Å². The molecule has 2 heterocycles. The van der Waals surface area contributed by atoms with Crippen molar-refractivity contribution >= 4 is 56.4 Å². The number of fused-ring (bicyclic) bond motifs is 1. The quantitative estimate of drug-likeness (QED) is 0.272. The first-order valence-electron chi connectivity index (χ1n) is 10.5. The molecule has 0 unspecified atom stereocenters. The molecule has 2 amide bonds. The number of halogens is 1. The van der Waals surface area contributed by atoms with Crippen LogP contribution in [0.15, 0.2) is 60.9 Å². The van der Waals surface area contributed by atoms with Gasteiger partial charge in [0, 0.05) is 18.8 Å². The second kappa shape index (κ2) is 11.2. The third-order valence-electron chi connectivity index (χ3n) is 4.91. The van der Waals surface area contributed by atoms with Crippen molar-refractivity contribution in [1.82, 2.24) is 20.3 Å². The Kier molecular flexibility index (Phi) is 7.78. The zero-order chi connectivity index (χ0) is 25.7. The highest BCUT2D eigenvalue weighted by Crippen LogP contribution is 2.35. The minimum Gasteiger partial charge on any atom is -0.434 e. The molecule has 0 radical (unpaired) electrons. The van der Waals surface area contributed by atoms with E-state index in [-0.39, 0.29) is 35.0 Å². The standard InChI is InChI=1S/C24H20FN5O4S2/c1-30(33-2)23(32)19-12-17-21(36-19)22(27-13-26-17)34-18-9-8-15(11-16(18)25)28-24(35)29-20(31)10-14-6-4-3-5-7-14/h3-9,11-13H,10H2,1-2H3,(H2,28,29,31,35). The fourth-order valence-electron chi connectivity index (χ4n) is 3.13. The number of hydroxylamine groups is 2. The van der Waals surface area contributed by atoms with Crippen LogP contribution >= 0.6 is 23.6 Å². The number of nitrogens with zero attached hydrogens (tertiary/aromatic N) is 3. The van der Waals surface area contributed by atoms with E-state index in [0.29, 0.717) is 20.8 Å². The molecule has 0 bridgehead atoms. The molecule has 0 saturated heterocycles. The number of hydrogen-bond acceptors (Lipinski definition) is 8. The Balaban J connectivity index is 1.43. The minimum absolute atomic E-state index is 0.0401. The van der Waals surface area contributed by atoms with Gasteiger partial charge < -0.3 is 15.4 Å². The van der Waals surface area contributed by atoms with E-state index in [0.717, 1.165) is 22.0 Å². The average molecular weight is 526 g/mol. The van der Waals surface area contributed by atoms with E-state index in [9.17, 15) is 14.0 Å². The maximum atomic E-state index is 14.8. The normalized spacial score (nSPS) is 10.6. The van der Waals surface area contributed by atoms with E-state index in [4.69, 9.17) is 21.8 Å². The first kappa shape index (κ1) is 25.1. The van der Waals surface area contributed by atoms with Gasteiger partial charge in [-0.25, -0.2) is 19.4 Å². The molecule has 0 aliphatic rings. The number of carbonyl (C=O) groups is 2. The molecule has 0 aliphatic carbocycles. The number of nitrogens with one attached hydrogen (secondary N) is 2. The van der Waals surface area contributed by atoms with Gasteiger partial charge in [-0.15, -0.1) is 11.3 Å². The van der Waals surface area contributed by atoms with Gasteiger partial charge in [0.2, 0.25) is 11.8 Å². The Morgan fingerprint density at radius 1 is 1.14 bits per heavy atom. The van der Waals surface area contributed by atoms with Gasteiger partial charge in [-0.1, -0.05) is 30.3 Å². The Morgan fingerprint density at radius 3 is 2.64 bits per heavy atom. The summed E-state index contributed by atoms with van der Waals surface area (Å²) in [7, 11) is 2.87. The van der Waals surface area contributed by atoms with Crippen molar-refractivity contribution in [2.45, 2.75) is 6.42 Å². The molecule has 2 N–H and O–H groups in total. The molecule has 2 aromatic heterocycles. The Labute approximate surface area is 214 Å². The number of carbonyl (C=O) groups excluding carboxylic acids is 2. The zero-order valence-corrected chi connectivity index (χ0v) is 20.8. The number of thiophene rings is 1. The van der Waals surface area contributed by atoms with Crippen molar-refractivity contribution in [3.8, 4) is 11.6 Å². The van der Waals surface area contributed by atoms with Gasteiger partial charge >= 0.3 is 0 Å². The van der Waals surface area contributed by atoms with E-state index in [1.165, 1.54) is 32.6 Å². The van der Waals surface area contributed by atoms with Crippen molar-refractivity contribution in [3.63, 3.8) is 0 Å². The summed E-state index contributed by atoms with van der Waals surface area (Å²) in [6, 6.07) is 14.9. The highest BCUT2D eigenvalue weighted by atomic mass is 32.1. The number of rotatable bonds is 7. The lowest BCUT2D eigenvalue weighted by atomic mass is 10.1. The van der Waals surface area contributed by atoms with Gasteiger partial charge in [0.15, 0.2) is 16.7 Å². The fourth-order valence-corrected chi connectivity index (χ4v) is 4.36. The molecule has 4 aromatic rings. The van der Waals surface area contributed by atoms with E-state index in [1.54, 1.807) is 12.1 Å². The zero-order valence-electron chi connectivity index (χ0n) is 19.1. The van der Waals surface area contributed by atoms with Gasteiger partial charge in [-0.3, -0.25) is 14.4 Å². The van der Waals surface area contributed by atoms with E-state index in [1.807, 2.05) is 30.3 Å². The number of anilines is 1. The summed E-state index contributed by atoms with van der Waals surface area (Å²) in [5.74, 6) is -1.32. The van der Waals surface area contributed by atoms with Crippen LogP contribution in [-0.2, 0) is 16.1 Å². The molecule has 4 rings (SSSR count). The Hall–Kier alpha value is -4.00. The summed E-state index contributed by atoms with van der Waals surface area (Å²) in [6.45, 7) is 0. The van der Waals surface area contributed by atoms with Crippen LogP contribution in [0.2, 0.25) is 0 Å². The van der Waals surface area contributed by atoms with Crippen LogP contribution in [0.1, 0.15) is 15.2 Å². The first-order valence-corrected chi connectivity index (χ1v) is 11.8. The second-order valence-electron chi connectivity index (χ2n) is 7.40. The highest BCUT2D eigenvalue weighted by molar-refractivity contribution is 7.80. The Morgan fingerprint density at radius 2 is 1.92 bits per heavy atom. The van der Waals surface area contributed by atoms with Crippen LogP contribution in [0.5, 0.6) is 11.6 Å². The summed E-state index contributed by atoms with van der Waals surface area (Å²) in [6.07, 6.45) is 1.43. The molecule has 0 fully saturated rings. The van der Waals surface area contributed by atoms with Crippen molar-refractivity contribution in [2.24, 2.45) is 0 Å². The molecule has 0 aliphatic heterocycles.